The Bertz CT molecular complexity index is 541. The molecule has 0 amide bonds. The number of nitrogens with one attached hydrogen (secondary N) is 1. The number of anilines is 1. The zero-order valence-electron chi connectivity index (χ0n) is 11.4. The van der Waals surface area contributed by atoms with Gasteiger partial charge in [0, 0.05) is 30.6 Å². The van der Waals surface area contributed by atoms with Gasteiger partial charge in [-0.2, -0.15) is 0 Å². The highest BCUT2D eigenvalue weighted by Gasteiger charge is 2.15. The lowest BCUT2D eigenvalue weighted by atomic mass is 9.90. The number of aromatic nitrogens is 2. The van der Waals surface area contributed by atoms with E-state index in [1.54, 1.807) is 0 Å². The number of hydrogen-bond donors (Lipinski definition) is 1. The van der Waals surface area contributed by atoms with Gasteiger partial charge in [0.1, 0.15) is 5.82 Å². The Labute approximate surface area is 108 Å². The van der Waals surface area contributed by atoms with Crippen LogP contribution in [0, 0.1) is 0 Å². The van der Waals surface area contributed by atoms with E-state index in [1.807, 2.05) is 37.6 Å². The van der Waals surface area contributed by atoms with Crippen LogP contribution in [-0.2, 0) is 5.41 Å². The summed E-state index contributed by atoms with van der Waals surface area (Å²) < 4.78 is 0. The summed E-state index contributed by atoms with van der Waals surface area (Å²) in [6.45, 7) is 6.51. The normalized spacial score (nSPS) is 11.3. The van der Waals surface area contributed by atoms with Gasteiger partial charge in [0.25, 0.3) is 0 Å². The number of nitrogens with zero attached hydrogens (tertiary/aromatic N) is 2. The molecule has 3 heteroatoms. The van der Waals surface area contributed by atoms with Gasteiger partial charge in [-0.1, -0.05) is 20.8 Å². The molecule has 2 aromatic heterocycles. The van der Waals surface area contributed by atoms with Crippen molar-refractivity contribution in [3.8, 4) is 11.1 Å². The molecule has 0 bridgehead atoms. The Hall–Kier alpha value is -1.90. The van der Waals surface area contributed by atoms with Gasteiger partial charge in [0.15, 0.2) is 0 Å². The van der Waals surface area contributed by atoms with Crippen LogP contribution < -0.4 is 5.32 Å². The molecule has 2 rings (SSSR count). The number of hydrogen-bond acceptors (Lipinski definition) is 3. The maximum atomic E-state index is 4.45. The molecule has 0 saturated heterocycles. The molecule has 0 aliphatic rings. The highest BCUT2D eigenvalue weighted by molar-refractivity contribution is 5.66. The molecular formula is C15H19N3. The summed E-state index contributed by atoms with van der Waals surface area (Å²) in [7, 11) is 1.87. The van der Waals surface area contributed by atoms with Crippen molar-refractivity contribution in [2.45, 2.75) is 26.2 Å². The van der Waals surface area contributed by atoms with Gasteiger partial charge in [-0.05, 0) is 35.4 Å². The van der Waals surface area contributed by atoms with E-state index in [-0.39, 0.29) is 5.41 Å². The molecule has 0 aromatic carbocycles. The first-order valence-electron chi connectivity index (χ1n) is 6.11. The predicted octanol–water partition coefficient (Wildman–Crippen LogP) is 3.48. The zero-order valence-corrected chi connectivity index (χ0v) is 11.4. The second-order valence-corrected chi connectivity index (χ2v) is 5.36. The highest BCUT2D eigenvalue weighted by Crippen LogP contribution is 2.26. The lowest BCUT2D eigenvalue weighted by Gasteiger charge is -2.18. The third-order valence-electron chi connectivity index (χ3n) is 2.88. The van der Waals surface area contributed by atoms with Crippen LogP contribution in [0.4, 0.5) is 5.82 Å². The summed E-state index contributed by atoms with van der Waals surface area (Å²) in [5, 5.41) is 3.06. The topological polar surface area (TPSA) is 37.8 Å². The van der Waals surface area contributed by atoms with E-state index in [1.165, 1.54) is 5.56 Å². The SMILES string of the molecule is CNc1cc(-c2ccnc(C(C)(C)C)c2)ccn1. The largest absolute Gasteiger partial charge is 0.373 e. The molecule has 0 saturated carbocycles. The van der Waals surface area contributed by atoms with Crippen molar-refractivity contribution in [3.63, 3.8) is 0 Å². The average Bonchev–Trinajstić information content (AvgIpc) is 2.38. The molecule has 2 heterocycles. The summed E-state index contributed by atoms with van der Waals surface area (Å²) >= 11 is 0. The van der Waals surface area contributed by atoms with Crippen molar-refractivity contribution in [1.29, 1.82) is 0 Å². The highest BCUT2D eigenvalue weighted by atomic mass is 14.9. The zero-order chi connectivity index (χ0) is 13.2. The van der Waals surface area contributed by atoms with Crippen molar-refractivity contribution >= 4 is 5.82 Å². The summed E-state index contributed by atoms with van der Waals surface area (Å²) in [4.78, 5) is 8.68. The molecule has 2 aromatic rings. The minimum Gasteiger partial charge on any atom is -0.373 e. The molecule has 94 valence electrons. The lowest BCUT2D eigenvalue weighted by molar-refractivity contribution is 0.569. The monoisotopic (exact) mass is 241 g/mol. The van der Waals surface area contributed by atoms with Crippen LogP contribution in [0.25, 0.3) is 11.1 Å². The first kappa shape index (κ1) is 12.6. The molecule has 0 spiro atoms. The van der Waals surface area contributed by atoms with E-state index in [2.05, 4.69) is 42.1 Å². The van der Waals surface area contributed by atoms with Crippen LogP contribution >= 0.6 is 0 Å². The molecule has 1 N–H and O–H groups in total. The third-order valence-corrected chi connectivity index (χ3v) is 2.88. The van der Waals surface area contributed by atoms with E-state index >= 15 is 0 Å². The van der Waals surface area contributed by atoms with E-state index in [9.17, 15) is 0 Å². The average molecular weight is 241 g/mol. The summed E-state index contributed by atoms with van der Waals surface area (Å²) in [5.41, 5.74) is 3.49. The van der Waals surface area contributed by atoms with Crippen LogP contribution in [-0.4, -0.2) is 17.0 Å². The molecule has 0 aliphatic carbocycles. The fourth-order valence-electron chi connectivity index (χ4n) is 1.77. The van der Waals surface area contributed by atoms with E-state index in [0.29, 0.717) is 0 Å². The third kappa shape index (κ3) is 2.67. The molecule has 0 unspecified atom stereocenters. The molecule has 0 atom stereocenters. The van der Waals surface area contributed by atoms with Gasteiger partial charge in [-0.3, -0.25) is 4.98 Å². The minimum absolute atomic E-state index is 0.0644. The van der Waals surface area contributed by atoms with E-state index in [0.717, 1.165) is 17.1 Å². The molecule has 0 radical (unpaired) electrons. The molecule has 0 aliphatic heterocycles. The second-order valence-electron chi connectivity index (χ2n) is 5.36. The molecule has 18 heavy (non-hydrogen) atoms. The predicted molar refractivity (Wildman–Crippen MR) is 75.7 cm³/mol. The molecule has 3 nitrogen and oxygen atoms in total. The van der Waals surface area contributed by atoms with Gasteiger partial charge in [0.2, 0.25) is 0 Å². The van der Waals surface area contributed by atoms with Gasteiger partial charge < -0.3 is 5.32 Å². The van der Waals surface area contributed by atoms with Gasteiger partial charge in [-0.25, -0.2) is 4.98 Å². The number of pyridine rings is 2. The maximum absolute atomic E-state index is 4.45. The van der Waals surface area contributed by atoms with Gasteiger partial charge in [0.05, 0.1) is 0 Å². The van der Waals surface area contributed by atoms with Crippen LogP contribution in [0.5, 0.6) is 0 Å². The Balaban J connectivity index is 2.44. The van der Waals surface area contributed by atoms with Crippen molar-refractivity contribution in [1.82, 2.24) is 9.97 Å². The van der Waals surface area contributed by atoms with E-state index in [4.69, 9.17) is 0 Å². The van der Waals surface area contributed by atoms with Crippen molar-refractivity contribution in [2.75, 3.05) is 12.4 Å². The first-order chi connectivity index (χ1) is 8.50. The molecule has 0 fully saturated rings. The minimum atomic E-state index is 0.0644. The summed E-state index contributed by atoms with van der Waals surface area (Å²) in [5.74, 6) is 0.877. The first-order valence-corrected chi connectivity index (χ1v) is 6.11. The smallest absolute Gasteiger partial charge is 0.126 e. The van der Waals surface area contributed by atoms with Crippen molar-refractivity contribution in [2.24, 2.45) is 0 Å². The van der Waals surface area contributed by atoms with Gasteiger partial charge in [-0.15, -0.1) is 0 Å². The Morgan fingerprint density at radius 1 is 0.944 bits per heavy atom. The quantitative estimate of drug-likeness (QED) is 0.874. The number of rotatable bonds is 2. The van der Waals surface area contributed by atoms with Gasteiger partial charge >= 0.3 is 0 Å². The van der Waals surface area contributed by atoms with Crippen molar-refractivity contribution < 1.29 is 0 Å². The van der Waals surface area contributed by atoms with Crippen molar-refractivity contribution in [3.05, 3.63) is 42.4 Å². The lowest BCUT2D eigenvalue weighted by Crippen LogP contribution is -2.13. The summed E-state index contributed by atoms with van der Waals surface area (Å²) in [6.07, 6.45) is 3.69. The fraction of sp³-hybridized carbons (Fsp3) is 0.333. The van der Waals surface area contributed by atoms with E-state index < -0.39 is 0 Å². The standard InChI is InChI=1S/C15H19N3/c1-15(2,3)13-9-11(5-7-17-13)12-6-8-18-14(10-12)16-4/h5-10H,1-4H3,(H,16,18). The Morgan fingerprint density at radius 3 is 2.17 bits per heavy atom. The Kier molecular flexibility index (Phi) is 3.32. The molecular weight excluding hydrogens is 222 g/mol. The summed E-state index contributed by atoms with van der Waals surface area (Å²) in [6, 6.07) is 8.24. The van der Waals surface area contributed by atoms with Crippen LogP contribution in [0.2, 0.25) is 0 Å². The van der Waals surface area contributed by atoms with Crippen LogP contribution in [0.3, 0.4) is 0 Å². The fourth-order valence-corrected chi connectivity index (χ4v) is 1.77. The maximum Gasteiger partial charge on any atom is 0.126 e. The Morgan fingerprint density at radius 2 is 1.56 bits per heavy atom. The van der Waals surface area contributed by atoms with Crippen LogP contribution in [0.15, 0.2) is 36.7 Å². The van der Waals surface area contributed by atoms with Crippen LogP contribution in [0.1, 0.15) is 26.5 Å². The second kappa shape index (κ2) is 4.77.